The van der Waals surface area contributed by atoms with Gasteiger partial charge in [-0.3, -0.25) is 0 Å². The van der Waals surface area contributed by atoms with Crippen molar-refractivity contribution in [3.05, 3.63) is 30.3 Å². The van der Waals surface area contributed by atoms with Crippen LogP contribution in [0.2, 0.25) is 0 Å². The lowest BCUT2D eigenvalue weighted by molar-refractivity contribution is 0.609. The van der Waals surface area contributed by atoms with Crippen molar-refractivity contribution in [2.45, 2.75) is 4.90 Å². The van der Waals surface area contributed by atoms with E-state index >= 15 is 0 Å². The molecule has 2 N–H and O–H groups in total. The zero-order valence-electron chi connectivity index (χ0n) is 5.49. The molecule has 0 aromatic heterocycles. The molecule has 11 heavy (non-hydrogen) atoms. The van der Waals surface area contributed by atoms with Crippen molar-refractivity contribution < 1.29 is 13.9 Å². The summed E-state index contributed by atoms with van der Waals surface area (Å²) in [7, 11) is 1.50. The molecule has 0 saturated carbocycles. The van der Waals surface area contributed by atoms with Crippen LogP contribution in [-0.2, 0) is 9.05 Å². The molecule has 0 radical (unpaired) electrons. The Morgan fingerprint density at radius 2 is 1.55 bits per heavy atom. The Bertz CT molecular complexity index is 306. The average molecular weight is 195 g/mol. The molecule has 0 unspecified atom stereocenters. The second-order valence-electron chi connectivity index (χ2n) is 1.75. The minimum Gasteiger partial charge on any atom is -0.412 e. The molecule has 0 heterocycles. The summed E-state index contributed by atoms with van der Waals surface area (Å²) in [5.41, 5.74) is 0. The topological polar surface area (TPSA) is 65.6 Å². The van der Waals surface area contributed by atoms with Crippen LogP contribution in [0.4, 0.5) is 0 Å². The highest BCUT2D eigenvalue weighted by atomic mass is 35.7. The monoisotopic (exact) mass is 194 g/mol. The molecule has 0 saturated heterocycles. The fraction of sp³-hybridized carbons (Fsp3) is 0. The molecule has 0 aliphatic carbocycles. The third-order valence-electron chi connectivity index (χ3n) is 1.02. The smallest absolute Gasteiger partial charge is 0.261 e. The number of benzene rings is 1. The summed E-state index contributed by atoms with van der Waals surface area (Å²) in [4.78, 5) is 0.136. The largest absolute Gasteiger partial charge is 0.412 e. The molecule has 0 spiro atoms. The van der Waals surface area contributed by atoms with Crippen LogP contribution < -0.4 is 0 Å². The normalized spacial score (nSPS) is 10.3. The lowest BCUT2D eigenvalue weighted by Gasteiger charge is -1.91. The SMILES string of the molecule is O.O=S(=O)(Cl)c1ccccc1. The van der Waals surface area contributed by atoms with E-state index in [4.69, 9.17) is 10.7 Å². The van der Waals surface area contributed by atoms with E-state index in [1.165, 1.54) is 12.1 Å². The van der Waals surface area contributed by atoms with E-state index in [9.17, 15) is 8.42 Å². The van der Waals surface area contributed by atoms with E-state index in [1.54, 1.807) is 18.2 Å². The predicted molar refractivity (Wildman–Crippen MR) is 43.1 cm³/mol. The minimum atomic E-state index is -3.53. The maximum atomic E-state index is 10.6. The molecule has 5 heteroatoms. The molecule has 0 atom stereocenters. The van der Waals surface area contributed by atoms with Crippen molar-refractivity contribution in [3.63, 3.8) is 0 Å². The Hall–Kier alpha value is -0.580. The van der Waals surface area contributed by atoms with E-state index in [-0.39, 0.29) is 10.4 Å². The predicted octanol–water partition coefficient (Wildman–Crippen LogP) is 0.789. The zero-order chi connectivity index (χ0) is 7.61. The van der Waals surface area contributed by atoms with E-state index < -0.39 is 9.05 Å². The van der Waals surface area contributed by atoms with Crippen molar-refractivity contribution in [2.24, 2.45) is 0 Å². The highest BCUT2D eigenvalue weighted by Crippen LogP contribution is 2.12. The molecular weight excluding hydrogens is 188 g/mol. The Labute approximate surface area is 69.3 Å². The summed E-state index contributed by atoms with van der Waals surface area (Å²) in [6.07, 6.45) is 0. The van der Waals surface area contributed by atoms with Gasteiger partial charge < -0.3 is 5.48 Å². The van der Waals surface area contributed by atoms with E-state index in [1.807, 2.05) is 0 Å². The summed E-state index contributed by atoms with van der Waals surface area (Å²) in [6, 6.07) is 7.86. The van der Waals surface area contributed by atoms with Gasteiger partial charge in [-0.1, -0.05) is 18.2 Å². The van der Waals surface area contributed by atoms with Gasteiger partial charge >= 0.3 is 0 Å². The van der Waals surface area contributed by atoms with E-state index in [2.05, 4.69) is 0 Å². The molecule has 0 bridgehead atoms. The van der Waals surface area contributed by atoms with Crippen LogP contribution in [0.5, 0.6) is 0 Å². The van der Waals surface area contributed by atoms with Gasteiger partial charge in [-0.25, -0.2) is 8.42 Å². The Kier molecular flexibility index (Phi) is 3.51. The number of rotatable bonds is 1. The summed E-state index contributed by atoms with van der Waals surface area (Å²) >= 11 is 0. The van der Waals surface area contributed by atoms with Gasteiger partial charge in [0.25, 0.3) is 9.05 Å². The molecule has 0 fully saturated rings. The molecule has 1 aromatic carbocycles. The first-order valence-corrected chi connectivity index (χ1v) is 4.91. The van der Waals surface area contributed by atoms with E-state index in [0.717, 1.165) is 0 Å². The lowest BCUT2D eigenvalue weighted by Crippen LogP contribution is -1.87. The number of halogens is 1. The number of hydrogen-bond acceptors (Lipinski definition) is 2. The van der Waals surface area contributed by atoms with Crippen LogP contribution in [0.3, 0.4) is 0 Å². The quantitative estimate of drug-likeness (QED) is 0.621. The van der Waals surface area contributed by atoms with Crippen LogP contribution in [-0.4, -0.2) is 13.9 Å². The number of hydrogen-bond donors (Lipinski definition) is 0. The Morgan fingerprint density at radius 1 is 1.09 bits per heavy atom. The maximum Gasteiger partial charge on any atom is 0.261 e. The third-order valence-corrected chi connectivity index (χ3v) is 2.39. The van der Waals surface area contributed by atoms with Gasteiger partial charge in [0.2, 0.25) is 0 Å². The van der Waals surface area contributed by atoms with E-state index in [0.29, 0.717) is 0 Å². The van der Waals surface area contributed by atoms with Crippen molar-refractivity contribution >= 4 is 19.7 Å². The zero-order valence-corrected chi connectivity index (χ0v) is 7.06. The second kappa shape index (κ2) is 3.71. The fourth-order valence-corrected chi connectivity index (χ4v) is 1.37. The summed E-state index contributed by atoms with van der Waals surface area (Å²) in [6.45, 7) is 0. The summed E-state index contributed by atoms with van der Waals surface area (Å²) in [5.74, 6) is 0. The Morgan fingerprint density at radius 3 is 1.82 bits per heavy atom. The average Bonchev–Trinajstić information content (AvgIpc) is 1.88. The van der Waals surface area contributed by atoms with Crippen molar-refractivity contribution in [2.75, 3.05) is 0 Å². The molecular formula is C6H7ClO3S. The lowest BCUT2D eigenvalue weighted by atomic mass is 10.4. The first-order valence-electron chi connectivity index (χ1n) is 2.60. The van der Waals surface area contributed by atoms with Crippen LogP contribution in [0.25, 0.3) is 0 Å². The second-order valence-corrected chi connectivity index (χ2v) is 4.32. The molecule has 0 aliphatic heterocycles. The van der Waals surface area contributed by atoms with Gasteiger partial charge in [0.05, 0.1) is 4.90 Å². The van der Waals surface area contributed by atoms with Crippen molar-refractivity contribution in [3.8, 4) is 0 Å². The highest BCUT2D eigenvalue weighted by molar-refractivity contribution is 8.13. The highest BCUT2D eigenvalue weighted by Gasteiger charge is 2.06. The van der Waals surface area contributed by atoms with Crippen LogP contribution >= 0.6 is 10.7 Å². The first kappa shape index (κ1) is 10.4. The van der Waals surface area contributed by atoms with Crippen molar-refractivity contribution in [1.29, 1.82) is 0 Å². The molecule has 1 aromatic rings. The van der Waals surface area contributed by atoms with Crippen LogP contribution in [0.1, 0.15) is 0 Å². The Balaban J connectivity index is 0.000001000. The van der Waals surface area contributed by atoms with Gasteiger partial charge in [-0.05, 0) is 12.1 Å². The summed E-state index contributed by atoms with van der Waals surface area (Å²) in [5, 5.41) is 0. The molecule has 3 nitrogen and oxygen atoms in total. The maximum absolute atomic E-state index is 10.6. The summed E-state index contributed by atoms with van der Waals surface area (Å²) < 4.78 is 21.2. The molecule has 0 aliphatic rings. The third kappa shape index (κ3) is 2.88. The van der Waals surface area contributed by atoms with Gasteiger partial charge in [0, 0.05) is 10.7 Å². The van der Waals surface area contributed by atoms with Crippen molar-refractivity contribution in [1.82, 2.24) is 0 Å². The molecule has 0 amide bonds. The van der Waals surface area contributed by atoms with Gasteiger partial charge in [-0.2, -0.15) is 0 Å². The van der Waals surface area contributed by atoms with Crippen LogP contribution in [0, 0.1) is 0 Å². The molecule has 1 rings (SSSR count). The first-order chi connectivity index (χ1) is 4.61. The van der Waals surface area contributed by atoms with Crippen LogP contribution in [0.15, 0.2) is 35.2 Å². The standard InChI is InChI=1S/C6H5ClO2S.H2O/c7-10(8,9)6-4-2-1-3-5-6;/h1-5H;1H2. The van der Waals surface area contributed by atoms with Gasteiger partial charge in [0.15, 0.2) is 0 Å². The fourth-order valence-electron chi connectivity index (χ4n) is 0.583. The molecule has 62 valence electrons. The van der Waals surface area contributed by atoms with Gasteiger partial charge in [0.1, 0.15) is 0 Å². The van der Waals surface area contributed by atoms with Gasteiger partial charge in [-0.15, -0.1) is 0 Å². The minimum absolute atomic E-state index is 0.